The summed E-state index contributed by atoms with van der Waals surface area (Å²) in [4.78, 5) is 11.9. The Kier molecular flexibility index (Phi) is 5.23. The minimum absolute atomic E-state index is 0.0232. The van der Waals surface area contributed by atoms with Crippen molar-refractivity contribution in [2.75, 3.05) is 18.5 Å². The monoisotopic (exact) mass is 269 g/mol. The summed E-state index contributed by atoms with van der Waals surface area (Å²) in [5.74, 6) is -0.474. The van der Waals surface area contributed by atoms with E-state index in [0.717, 1.165) is 6.07 Å². The Bertz CT molecular complexity index is 452. The third-order valence-electron chi connectivity index (χ3n) is 3.21. The zero-order valence-electron chi connectivity index (χ0n) is 11.5. The SMILES string of the molecule is CC(C)C(N)CCN(C)c1cccc(F)c1[N+](=O)[O-]. The Morgan fingerprint density at radius 1 is 1.47 bits per heavy atom. The van der Waals surface area contributed by atoms with Crippen LogP contribution < -0.4 is 10.6 Å². The molecule has 1 aromatic carbocycles. The van der Waals surface area contributed by atoms with Crippen molar-refractivity contribution in [2.24, 2.45) is 11.7 Å². The van der Waals surface area contributed by atoms with Gasteiger partial charge in [-0.2, -0.15) is 4.39 Å². The number of nitro benzene ring substituents is 1. The summed E-state index contributed by atoms with van der Waals surface area (Å²) >= 11 is 0. The number of nitro groups is 1. The minimum atomic E-state index is -0.817. The van der Waals surface area contributed by atoms with Gasteiger partial charge in [0.05, 0.1) is 4.92 Å². The third kappa shape index (κ3) is 3.89. The van der Waals surface area contributed by atoms with E-state index in [9.17, 15) is 14.5 Å². The molecule has 1 atom stereocenters. The summed E-state index contributed by atoms with van der Waals surface area (Å²) in [7, 11) is 1.70. The fraction of sp³-hybridized carbons (Fsp3) is 0.538. The lowest BCUT2D eigenvalue weighted by molar-refractivity contribution is -0.386. The first-order valence-corrected chi connectivity index (χ1v) is 6.24. The molecule has 0 radical (unpaired) electrons. The van der Waals surface area contributed by atoms with Crippen molar-refractivity contribution in [3.63, 3.8) is 0 Å². The predicted molar refractivity (Wildman–Crippen MR) is 73.8 cm³/mol. The molecule has 1 unspecified atom stereocenters. The molecule has 2 N–H and O–H groups in total. The van der Waals surface area contributed by atoms with E-state index in [1.54, 1.807) is 18.0 Å². The van der Waals surface area contributed by atoms with Crippen LogP contribution in [0.5, 0.6) is 0 Å². The fourth-order valence-electron chi connectivity index (χ4n) is 1.79. The number of anilines is 1. The second-order valence-corrected chi connectivity index (χ2v) is 4.98. The summed E-state index contributed by atoms with van der Waals surface area (Å²) in [5.41, 5.74) is 5.73. The zero-order valence-corrected chi connectivity index (χ0v) is 11.5. The first kappa shape index (κ1) is 15.4. The zero-order chi connectivity index (χ0) is 14.6. The van der Waals surface area contributed by atoms with Crippen LogP contribution in [-0.4, -0.2) is 24.6 Å². The van der Waals surface area contributed by atoms with E-state index in [1.165, 1.54) is 6.07 Å². The van der Waals surface area contributed by atoms with Crippen molar-refractivity contribution in [3.05, 3.63) is 34.1 Å². The molecule has 0 aliphatic heterocycles. The standard InChI is InChI=1S/C13H20FN3O2/c1-9(2)11(15)7-8-16(3)12-6-4-5-10(14)13(12)17(18)19/h4-6,9,11H,7-8,15H2,1-3H3. The lowest BCUT2D eigenvalue weighted by Gasteiger charge is -2.22. The van der Waals surface area contributed by atoms with Crippen molar-refractivity contribution in [3.8, 4) is 0 Å². The topological polar surface area (TPSA) is 72.4 Å². The highest BCUT2D eigenvalue weighted by atomic mass is 19.1. The molecule has 0 amide bonds. The van der Waals surface area contributed by atoms with Gasteiger partial charge in [0.1, 0.15) is 5.69 Å². The summed E-state index contributed by atoms with van der Waals surface area (Å²) < 4.78 is 13.5. The van der Waals surface area contributed by atoms with Gasteiger partial charge in [-0.1, -0.05) is 19.9 Å². The normalized spacial score (nSPS) is 12.5. The van der Waals surface area contributed by atoms with Crippen molar-refractivity contribution in [2.45, 2.75) is 26.3 Å². The van der Waals surface area contributed by atoms with E-state index in [2.05, 4.69) is 0 Å². The van der Waals surface area contributed by atoms with Crippen LogP contribution in [0.2, 0.25) is 0 Å². The van der Waals surface area contributed by atoms with Gasteiger partial charge in [-0.3, -0.25) is 10.1 Å². The van der Waals surface area contributed by atoms with Crippen molar-refractivity contribution in [1.82, 2.24) is 0 Å². The fourth-order valence-corrected chi connectivity index (χ4v) is 1.79. The van der Waals surface area contributed by atoms with Crippen molar-refractivity contribution < 1.29 is 9.31 Å². The summed E-state index contributed by atoms with van der Waals surface area (Å²) in [6.45, 7) is 4.59. The Balaban J connectivity index is 2.85. The molecule has 0 aliphatic rings. The Morgan fingerprint density at radius 3 is 2.63 bits per heavy atom. The molecular formula is C13H20FN3O2. The molecule has 5 nitrogen and oxygen atoms in total. The van der Waals surface area contributed by atoms with Gasteiger partial charge in [-0.05, 0) is 24.5 Å². The van der Waals surface area contributed by atoms with Gasteiger partial charge in [0.2, 0.25) is 5.82 Å². The van der Waals surface area contributed by atoms with E-state index in [0.29, 0.717) is 18.9 Å². The third-order valence-corrected chi connectivity index (χ3v) is 3.21. The van der Waals surface area contributed by atoms with Crippen LogP contribution in [0.25, 0.3) is 0 Å². The summed E-state index contributed by atoms with van der Waals surface area (Å²) in [5, 5.41) is 10.9. The van der Waals surface area contributed by atoms with Crippen LogP contribution in [0.15, 0.2) is 18.2 Å². The number of benzene rings is 1. The van der Waals surface area contributed by atoms with Gasteiger partial charge in [-0.15, -0.1) is 0 Å². The Labute approximate surface area is 112 Å². The molecule has 0 heterocycles. The maximum atomic E-state index is 13.5. The largest absolute Gasteiger partial charge is 0.369 e. The highest BCUT2D eigenvalue weighted by molar-refractivity contribution is 5.63. The molecule has 106 valence electrons. The van der Waals surface area contributed by atoms with Crippen molar-refractivity contribution in [1.29, 1.82) is 0 Å². The van der Waals surface area contributed by atoms with Crippen LogP contribution in [0.1, 0.15) is 20.3 Å². The maximum Gasteiger partial charge on any atom is 0.327 e. The van der Waals surface area contributed by atoms with Gasteiger partial charge < -0.3 is 10.6 Å². The predicted octanol–water partition coefficient (Wildman–Crippen LogP) is 2.54. The second-order valence-electron chi connectivity index (χ2n) is 4.98. The number of hydrogen-bond donors (Lipinski definition) is 1. The van der Waals surface area contributed by atoms with Crippen molar-refractivity contribution >= 4 is 11.4 Å². The van der Waals surface area contributed by atoms with Gasteiger partial charge in [0, 0.05) is 19.6 Å². The molecule has 0 aromatic heterocycles. The number of nitrogens with zero attached hydrogens (tertiary/aromatic N) is 2. The van der Waals surface area contributed by atoms with E-state index in [-0.39, 0.29) is 11.7 Å². The van der Waals surface area contributed by atoms with Crippen LogP contribution in [0.4, 0.5) is 15.8 Å². The molecule has 0 saturated heterocycles. The van der Waals surface area contributed by atoms with Gasteiger partial charge >= 0.3 is 5.69 Å². The molecule has 0 saturated carbocycles. The lowest BCUT2D eigenvalue weighted by Crippen LogP contribution is -2.32. The molecule has 6 heteroatoms. The maximum absolute atomic E-state index is 13.5. The first-order valence-electron chi connectivity index (χ1n) is 6.24. The van der Waals surface area contributed by atoms with Gasteiger partial charge in [0.25, 0.3) is 0 Å². The van der Waals surface area contributed by atoms with E-state index in [1.807, 2.05) is 13.8 Å². The molecular weight excluding hydrogens is 249 g/mol. The van der Waals surface area contributed by atoms with Crippen LogP contribution in [0.3, 0.4) is 0 Å². The van der Waals surface area contributed by atoms with Gasteiger partial charge in [-0.25, -0.2) is 0 Å². The number of hydrogen-bond acceptors (Lipinski definition) is 4. The summed E-state index contributed by atoms with van der Waals surface area (Å²) in [6, 6.07) is 4.13. The Morgan fingerprint density at radius 2 is 2.11 bits per heavy atom. The molecule has 0 aliphatic carbocycles. The average molecular weight is 269 g/mol. The smallest absolute Gasteiger partial charge is 0.327 e. The highest BCUT2D eigenvalue weighted by Crippen LogP contribution is 2.30. The summed E-state index contributed by atoms with van der Waals surface area (Å²) in [6.07, 6.45) is 0.696. The molecule has 19 heavy (non-hydrogen) atoms. The van der Waals surface area contributed by atoms with E-state index >= 15 is 0 Å². The second kappa shape index (κ2) is 6.47. The molecule has 1 aromatic rings. The minimum Gasteiger partial charge on any atom is -0.369 e. The number of rotatable bonds is 6. The lowest BCUT2D eigenvalue weighted by atomic mass is 10.0. The molecule has 0 bridgehead atoms. The number of nitrogens with two attached hydrogens (primary N) is 1. The van der Waals surface area contributed by atoms with E-state index < -0.39 is 16.4 Å². The van der Waals surface area contributed by atoms with E-state index in [4.69, 9.17) is 5.73 Å². The molecule has 1 rings (SSSR count). The molecule has 0 fully saturated rings. The van der Waals surface area contributed by atoms with Crippen LogP contribution in [0, 0.1) is 21.8 Å². The van der Waals surface area contributed by atoms with Crippen LogP contribution >= 0.6 is 0 Å². The average Bonchev–Trinajstić information content (AvgIpc) is 2.34. The number of halogens is 1. The quantitative estimate of drug-likeness (QED) is 0.636. The van der Waals surface area contributed by atoms with Gasteiger partial charge in [0.15, 0.2) is 0 Å². The van der Waals surface area contributed by atoms with Crippen LogP contribution in [-0.2, 0) is 0 Å². The first-order chi connectivity index (χ1) is 8.84. The number of para-hydroxylation sites is 1. The highest BCUT2D eigenvalue weighted by Gasteiger charge is 2.22. The molecule has 0 spiro atoms. The Hall–Kier alpha value is -1.69.